The van der Waals surface area contributed by atoms with Crippen LogP contribution in [0.4, 0.5) is 9.59 Å². The fourth-order valence-corrected chi connectivity index (χ4v) is 3.11. The average Bonchev–Trinajstić information content (AvgIpc) is 2.99. The minimum Gasteiger partial charge on any atom is -0.458 e. The van der Waals surface area contributed by atoms with Gasteiger partial charge in [0.2, 0.25) is 0 Å². The Morgan fingerprint density at radius 3 is 1.79 bits per heavy atom. The van der Waals surface area contributed by atoms with Gasteiger partial charge in [-0.1, -0.05) is 18.2 Å². The van der Waals surface area contributed by atoms with Gasteiger partial charge in [-0.3, -0.25) is 0 Å². The monoisotopic (exact) mass is 460 g/mol. The van der Waals surface area contributed by atoms with E-state index < -0.39 is 41.0 Å². The summed E-state index contributed by atoms with van der Waals surface area (Å²) in [5.41, 5.74) is -0.994. The van der Waals surface area contributed by atoms with Gasteiger partial charge in [0, 0.05) is 23.5 Å². The van der Waals surface area contributed by atoms with Crippen LogP contribution in [-0.2, 0) is 25.4 Å². The number of hydrogen-bond acceptors (Lipinski definition) is 6. The molecule has 1 N–H and O–H groups in total. The molecule has 0 spiro atoms. The summed E-state index contributed by atoms with van der Waals surface area (Å²) in [7, 11) is 0. The van der Waals surface area contributed by atoms with Gasteiger partial charge in [-0.25, -0.2) is 14.4 Å². The number of amides is 2. The van der Waals surface area contributed by atoms with E-state index in [1.165, 1.54) is 0 Å². The minimum atomic E-state index is -1.30. The van der Waals surface area contributed by atoms with Crippen molar-refractivity contribution in [1.29, 1.82) is 0 Å². The maximum Gasteiger partial charge on any atom is 0.420 e. The summed E-state index contributed by atoms with van der Waals surface area (Å²) in [5.74, 6) is -0.732. The van der Waals surface area contributed by atoms with E-state index in [2.05, 4.69) is 4.98 Å². The van der Waals surface area contributed by atoms with Crippen LogP contribution in [0.15, 0.2) is 30.5 Å². The number of aromatic nitrogens is 1. The quantitative estimate of drug-likeness (QED) is 0.472. The highest BCUT2D eigenvalue weighted by atomic mass is 16.6. The summed E-state index contributed by atoms with van der Waals surface area (Å²) in [6, 6.07) is 6.27. The molecule has 33 heavy (non-hydrogen) atoms. The minimum absolute atomic E-state index is 0.0252. The van der Waals surface area contributed by atoms with Crippen molar-refractivity contribution in [1.82, 2.24) is 9.88 Å². The first kappa shape index (κ1) is 26.2. The van der Waals surface area contributed by atoms with Crippen LogP contribution in [0.1, 0.15) is 67.9 Å². The van der Waals surface area contributed by atoms with Crippen LogP contribution in [0.5, 0.6) is 0 Å². The van der Waals surface area contributed by atoms with Gasteiger partial charge in [0.25, 0.3) is 0 Å². The fraction of sp³-hybridized carbons (Fsp3) is 0.560. The van der Waals surface area contributed by atoms with E-state index in [1.54, 1.807) is 68.5 Å². The highest BCUT2D eigenvalue weighted by Crippen LogP contribution is 2.25. The highest BCUT2D eigenvalue weighted by Gasteiger charge is 2.42. The maximum atomic E-state index is 13.3. The van der Waals surface area contributed by atoms with Crippen molar-refractivity contribution < 1.29 is 28.6 Å². The second kappa shape index (κ2) is 9.45. The van der Waals surface area contributed by atoms with E-state index in [1.807, 2.05) is 24.3 Å². The molecule has 1 heterocycles. The van der Waals surface area contributed by atoms with E-state index in [9.17, 15) is 14.4 Å². The molecule has 0 saturated heterocycles. The predicted octanol–water partition coefficient (Wildman–Crippen LogP) is 5.59. The van der Waals surface area contributed by atoms with E-state index in [0.29, 0.717) is 0 Å². The van der Waals surface area contributed by atoms with E-state index in [4.69, 9.17) is 14.2 Å². The zero-order chi connectivity index (χ0) is 25.2. The molecule has 1 atom stereocenters. The van der Waals surface area contributed by atoms with Gasteiger partial charge in [-0.15, -0.1) is 0 Å². The number of benzene rings is 1. The smallest absolute Gasteiger partial charge is 0.420 e. The number of imide groups is 1. The number of aromatic amines is 1. The topological polar surface area (TPSA) is 97.9 Å². The number of para-hydroxylation sites is 1. The van der Waals surface area contributed by atoms with Gasteiger partial charge in [-0.2, -0.15) is 4.90 Å². The lowest BCUT2D eigenvalue weighted by Gasteiger charge is -2.33. The first-order valence-electron chi connectivity index (χ1n) is 11.0. The number of rotatable bonds is 4. The number of carbonyl (C=O) groups excluding carboxylic acids is 3. The number of nitrogens with one attached hydrogen (secondary N) is 1. The number of ether oxygens (including phenoxy) is 3. The highest BCUT2D eigenvalue weighted by molar-refractivity contribution is 5.95. The molecule has 1 aromatic carbocycles. The zero-order valence-corrected chi connectivity index (χ0v) is 21.1. The SMILES string of the molecule is CC(C)(C)OC(=O)[C@H](Cc1c[nH]c2ccccc12)N(C(=O)OC(C)(C)C)C(=O)OC(C)(C)C. The third-order valence-corrected chi connectivity index (χ3v) is 4.26. The first-order valence-corrected chi connectivity index (χ1v) is 11.0. The summed E-state index contributed by atoms with van der Waals surface area (Å²) in [4.78, 5) is 43.5. The number of carbonyl (C=O) groups is 3. The van der Waals surface area contributed by atoms with Crippen LogP contribution < -0.4 is 0 Å². The van der Waals surface area contributed by atoms with Gasteiger partial charge in [0.05, 0.1) is 0 Å². The van der Waals surface area contributed by atoms with Gasteiger partial charge >= 0.3 is 18.2 Å². The molecule has 0 fully saturated rings. The summed E-state index contributed by atoms with van der Waals surface area (Å²) in [5, 5.41) is 0.874. The van der Waals surface area contributed by atoms with Crippen LogP contribution in [0.2, 0.25) is 0 Å². The van der Waals surface area contributed by atoms with Crippen LogP contribution in [0.3, 0.4) is 0 Å². The molecule has 0 aliphatic rings. The summed E-state index contributed by atoms with van der Waals surface area (Å²) in [6.45, 7) is 15.2. The van der Waals surface area contributed by atoms with Crippen LogP contribution in [-0.4, -0.2) is 50.9 Å². The number of esters is 1. The van der Waals surface area contributed by atoms with E-state index >= 15 is 0 Å². The standard InChI is InChI=1S/C25H36N2O6/c1-23(2,3)31-20(28)19(14-16-15-26-18-13-11-10-12-17(16)18)27(21(29)32-24(4,5)6)22(30)33-25(7,8)9/h10-13,15,19,26H,14H2,1-9H3/t19-/m0/s1. The Bertz CT molecular complexity index is 976. The number of fused-ring (bicyclic) bond motifs is 1. The van der Waals surface area contributed by atoms with Crippen LogP contribution >= 0.6 is 0 Å². The molecule has 0 bridgehead atoms. The Hall–Kier alpha value is -3.03. The molecule has 182 valence electrons. The molecular formula is C25H36N2O6. The second-order valence-corrected chi connectivity index (χ2v) is 10.9. The van der Waals surface area contributed by atoms with Gasteiger partial charge in [0.1, 0.15) is 22.8 Å². The maximum absolute atomic E-state index is 13.3. The van der Waals surface area contributed by atoms with Crippen molar-refractivity contribution in [2.24, 2.45) is 0 Å². The van der Waals surface area contributed by atoms with Gasteiger partial charge < -0.3 is 19.2 Å². The van der Waals surface area contributed by atoms with Crippen LogP contribution in [0.25, 0.3) is 10.9 Å². The Kier molecular flexibility index (Phi) is 7.51. The van der Waals surface area contributed by atoms with E-state index in [-0.39, 0.29) is 6.42 Å². The Balaban J connectivity index is 2.55. The molecular weight excluding hydrogens is 424 g/mol. The summed E-state index contributed by atoms with van der Waals surface area (Å²) < 4.78 is 16.5. The summed E-state index contributed by atoms with van der Waals surface area (Å²) >= 11 is 0. The lowest BCUT2D eigenvalue weighted by atomic mass is 10.0. The Morgan fingerprint density at radius 2 is 1.30 bits per heavy atom. The van der Waals surface area contributed by atoms with Crippen molar-refractivity contribution in [3.63, 3.8) is 0 Å². The summed E-state index contributed by atoms with van der Waals surface area (Å²) in [6.07, 6.45) is -0.179. The molecule has 0 aliphatic heterocycles. The number of H-pyrrole nitrogens is 1. The molecule has 8 nitrogen and oxygen atoms in total. The second-order valence-electron chi connectivity index (χ2n) is 10.9. The molecule has 0 aliphatic carbocycles. The van der Waals surface area contributed by atoms with Crippen LogP contribution in [0, 0.1) is 0 Å². The lowest BCUT2D eigenvalue weighted by molar-refractivity contribution is -0.161. The van der Waals surface area contributed by atoms with Gasteiger partial charge in [0.15, 0.2) is 0 Å². The Morgan fingerprint density at radius 1 is 0.818 bits per heavy atom. The first-order chi connectivity index (χ1) is 15.0. The number of nitrogens with zero attached hydrogens (tertiary/aromatic N) is 1. The molecule has 2 rings (SSSR count). The third-order valence-electron chi connectivity index (χ3n) is 4.26. The number of hydrogen-bond donors (Lipinski definition) is 1. The van der Waals surface area contributed by atoms with E-state index in [0.717, 1.165) is 21.4 Å². The largest absolute Gasteiger partial charge is 0.458 e. The van der Waals surface area contributed by atoms with Crippen molar-refractivity contribution in [3.8, 4) is 0 Å². The average molecular weight is 461 g/mol. The molecule has 0 unspecified atom stereocenters. The zero-order valence-electron chi connectivity index (χ0n) is 21.1. The lowest BCUT2D eigenvalue weighted by Crippen LogP contribution is -2.54. The van der Waals surface area contributed by atoms with Crippen molar-refractivity contribution >= 4 is 29.1 Å². The molecule has 8 heteroatoms. The van der Waals surface area contributed by atoms with Crippen molar-refractivity contribution in [3.05, 3.63) is 36.0 Å². The fourth-order valence-electron chi connectivity index (χ4n) is 3.11. The molecule has 2 amide bonds. The van der Waals surface area contributed by atoms with Crippen molar-refractivity contribution in [2.45, 2.75) is 91.6 Å². The van der Waals surface area contributed by atoms with Crippen molar-refractivity contribution in [2.75, 3.05) is 0 Å². The predicted molar refractivity (Wildman–Crippen MR) is 126 cm³/mol. The molecule has 1 aromatic heterocycles. The normalized spacial score (nSPS) is 13.4. The Labute approximate surface area is 195 Å². The molecule has 0 radical (unpaired) electrons. The third kappa shape index (κ3) is 7.80. The van der Waals surface area contributed by atoms with Gasteiger partial charge in [-0.05, 0) is 73.9 Å². The molecule has 2 aromatic rings. The molecule has 0 saturated carbocycles.